The van der Waals surface area contributed by atoms with Crippen molar-refractivity contribution in [2.24, 2.45) is 0 Å². The minimum absolute atomic E-state index is 0.0996. The molecule has 1 N–H and O–H groups in total. The Labute approximate surface area is 154 Å². The number of benzene rings is 1. The molecule has 0 atom stereocenters. The molecule has 0 aliphatic carbocycles. The number of nitrogens with one attached hydrogen (secondary N) is 1. The van der Waals surface area contributed by atoms with Crippen molar-refractivity contribution in [3.8, 4) is 11.5 Å². The largest absolute Gasteiger partial charge is 0.490 e. The molecule has 8 heteroatoms. The first kappa shape index (κ1) is 16.8. The van der Waals surface area contributed by atoms with Crippen molar-refractivity contribution in [2.75, 3.05) is 30.0 Å². The van der Waals surface area contributed by atoms with Crippen LogP contribution in [0.15, 0.2) is 23.6 Å². The smallest absolute Gasteiger partial charge is 0.230 e. The van der Waals surface area contributed by atoms with Gasteiger partial charge in [-0.2, -0.15) is 0 Å². The van der Waals surface area contributed by atoms with Crippen LogP contribution < -0.4 is 19.7 Å². The topological polar surface area (TPSA) is 80.8 Å². The minimum Gasteiger partial charge on any atom is -0.490 e. The number of nitrogens with zero attached hydrogens (tertiary/aromatic N) is 2. The monoisotopic (exact) mass is 373 g/mol. The van der Waals surface area contributed by atoms with Crippen molar-refractivity contribution < 1.29 is 19.1 Å². The van der Waals surface area contributed by atoms with E-state index >= 15 is 0 Å². The summed E-state index contributed by atoms with van der Waals surface area (Å²) in [5, 5.41) is 5.36. The quantitative estimate of drug-likeness (QED) is 0.891. The zero-order chi connectivity index (χ0) is 17.9. The highest BCUT2D eigenvalue weighted by Gasteiger charge is 2.24. The summed E-state index contributed by atoms with van der Waals surface area (Å²) in [4.78, 5) is 30.2. The Morgan fingerprint density at radius 2 is 2.08 bits per heavy atom. The molecule has 0 spiro atoms. The Balaban J connectivity index is 1.39. The molecule has 0 saturated carbocycles. The number of rotatable bonds is 4. The summed E-state index contributed by atoms with van der Waals surface area (Å²) in [6.45, 7) is 1.93. The van der Waals surface area contributed by atoms with Crippen LogP contribution in [0.25, 0.3) is 0 Å². The van der Waals surface area contributed by atoms with E-state index in [0.717, 1.165) is 12.8 Å². The summed E-state index contributed by atoms with van der Waals surface area (Å²) < 4.78 is 11.2. The van der Waals surface area contributed by atoms with Crippen molar-refractivity contribution in [2.45, 2.75) is 25.7 Å². The Bertz CT molecular complexity index is 836. The second-order valence-corrected chi connectivity index (χ2v) is 7.04. The van der Waals surface area contributed by atoms with Crippen molar-refractivity contribution in [1.29, 1.82) is 0 Å². The number of hydrogen-bond donors (Lipinski definition) is 1. The highest BCUT2D eigenvalue weighted by Crippen LogP contribution is 2.32. The first-order valence-electron chi connectivity index (χ1n) is 8.63. The molecule has 7 nitrogen and oxygen atoms in total. The highest BCUT2D eigenvalue weighted by atomic mass is 32.1. The summed E-state index contributed by atoms with van der Waals surface area (Å²) in [6, 6.07) is 5.37. The van der Waals surface area contributed by atoms with E-state index in [4.69, 9.17) is 9.47 Å². The molecule has 136 valence electrons. The Kier molecular flexibility index (Phi) is 4.75. The second-order valence-electron chi connectivity index (χ2n) is 6.21. The molecular weight excluding hydrogens is 354 g/mol. The molecule has 3 heterocycles. The number of carbonyl (C=O) groups is 2. The number of amides is 2. The van der Waals surface area contributed by atoms with E-state index in [2.05, 4.69) is 10.3 Å². The van der Waals surface area contributed by atoms with Crippen molar-refractivity contribution in [3.05, 3.63) is 29.3 Å². The maximum absolute atomic E-state index is 12.3. The van der Waals surface area contributed by atoms with Gasteiger partial charge in [0.2, 0.25) is 11.8 Å². The van der Waals surface area contributed by atoms with Gasteiger partial charge in [-0.25, -0.2) is 4.98 Å². The number of anilines is 2. The molecule has 0 radical (unpaired) electrons. The zero-order valence-electron chi connectivity index (χ0n) is 14.2. The van der Waals surface area contributed by atoms with Crippen LogP contribution in [0.3, 0.4) is 0 Å². The Hall–Kier alpha value is -2.61. The van der Waals surface area contributed by atoms with E-state index in [1.165, 1.54) is 11.3 Å². The third-order valence-corrected chi connectivity index (χ3v) is 5.13. The summed E-state index contributed by atoms with van der Waals surface area (Å²) in [5.74, 6) is 1.27. The Morgan fingerprint density at radius 1 is 1.23 bits per heavy atom. The lowest BCUT2D eigenvalue weighted by atomic mass is 10.2. The molecule has 1 aromatic carbocycles. The SMILES string of the molecule is O=C(Cc1csc(N2CCCC2=O)n1)Nc1ccc2c(c1)OCCCO2. The number of hydrogen-bond acceptors (Lipinski definition) is 6. The van der Waals surface area contributed by atoms with Gasteiger partial charge in [0.05, 0.1) is 25.3 Å². The van der Waals surface area contributed by atoms with Crippen molar-refractivity contribution >= 4 is 34.0 Å². The van der Waals surface area contributed by atoms with Crippen molar-refractivity contribution in [3.63, 3.8) is 0 Å². The number of carbonyl (C=O) groups excluding carboxylic acids is 2. The number of ether oxygens (including phenoxy) is 2. The fraction of sp³-hybridized carbons (Fsp3) is 0.389. The standard InChI is InChI=1S/C18H19N3O4S/c22-16(10-13-11-26-18(20-13)21-6-1-3-17(21)23)19-12-4-5-14-15(9-12)25-8-2-7-24-14/h4-5,9,11H,1-3,6-8,10H2,(H,19,22). The fourth-order valence-electron chi connectivity index (χ4n) is 2.96. The number of aromatic nitrogens is 1. The summed E-state index contributed by atoms with van der Waals surface area (Å²) in [7, 11) is 0. The summed E-state index contributed by atoms with van der Waals surface area (Å²) in [5.41, 5.74) is 1.32. The van der Waals surface area contributed by atoms with Gasteiger partial charge in [0, 0.05) is 36.5 Å². The predicted octanol–water partition coefficient (Wildman–Crippen LogP) is 2.61. The lowest BCUT2D eigenvalue weighted by Gasteiger charge is -2.11. The average molecular weight is 373 g/mol. The van der Waals surface area contributed by atoms with Crippen LogP contribution in [0.4, 0.5) is 10.8 Å². The summed E-state index contributed by atoms with van der Waals surface area (Å²) in [6.07, 6.45) is 2.42. The van der Waals surface area contributed by atoms with E-state index in [0.29, 0.717) is 54.2 Å². The third-order valence-electron chi connectivity index (χ3n) is 4.22. The van der Waals surface area contributed by atoms with Gasteiger partial charge < -0.3 is 14.8 Å². The molecule has 2 aliphatic rings. The van der Waals surface area contributed by atoms with Gasteiger partial charge >= 0.3 is 0 Å². The average Bonchev–Trinajstić information content (AvgIpc) is 3.17. The predicted molar refractivity (Wildman–Crippen MR) is 98.1 cm³/mol. The van der Waals surface area contributed by atoms with Crippen LogP contribution in [0.2, 0.25) is 0 Å². The van der Waals surface area contributed by atoms with Crippen LogP contribution in [0.1, 0.15) is 25.0 Å². The molecule has 1 fully saturated rings. The second kappa shape index (κ2) is 7.33. The van der Waals surface area contributed by atoms with Gasteiger partial charge in [-0.1, -0.05) is 0 Å². The number of fused-ring (bicyclic) bond motifs is 1. The van der Waals surface area contributed by atoms with Crippen molar-refractivity contribution in [1.82, 2.24) is 4.98 Å². The maximum Gasteiger partial charge on any atom is 0.230 e. The third kappa shape index (κ3) is 3.65. The van der Waals surface area contributed by atoms with Crippen LogP contribution >= 0.6 is 11.3 Å². The molecule has 0 bridgehead atoms. The first-order valence-corrected chi connectivity index (χ1v) is 9.51. The van der Waals surface area contributed by atoms with E-state index < -0.39 is 0 Å². The van der Waals surface area contributed by atoms with Gasteiger partial charge in [-0.05, 0) is 18.6 Å². The zero-order valence-corrected chi connectivity index (χ0v) is 15.0. The van der Waals surface area contributed by atoms with Crippen LogP contribution in [-0.2, 0) is 16.0 Å². The minimum atomic E-state index is -0.163. The molecular formula is C18H19N3O4S. The Morgan fingerprint density at radius 3 is 2.88 bits per heavy atom. The van der Waals surface area contributed by atoms with Gasteiger partial charge in [0.1, 0.15) is 0 Å². The van der Waals surface area contributed by atoms with E-state index in [1.807, 2.05) is 5.38 Å². The molecule has 2 aliphatic heterocycles. The molecule has 0 unspecified atom stereocenters. The van der Waals surface area contributed by atoms with E-state index in [-0.39, 0.29) is 18.2 Å². The van der Waals surface area contributed by atoms with Gasteiger partial charge in [-0.15, -0.1) is 11.3 Å². The molecule has 2 amide bonds. The lowest BCUT2D eigenvalue weighted by molar-refractivity contribution is -0.117. The van der Waals surface area contributed by atoms with Gasteiger partial charge in [-0.3, -0.25) is 14.5 Å². The molecule has 4 rings (SSSR count). The van der Waals surface area contributed by atoms with E-state index in [1.54, 1.807) is 23.1 Å². The van der Waals surface area contributed by atoms with Crippen LogP contribution in [-0.4, -0.2) is 36.6 Å². The normalized spacial score (nSPS) is 16.5. The van der Waals surface area contributed by atoms with Crippen LogP contribution in [0, 0.1) is 0 Å². The molecule has 26 heavy (non-hydrogen) atoms. The molecule has 2 aromatic rings. The lowest BCUT2D eigenvalue weighted by Crippen LogP contribution is -2.23. The van der Waals surface area contributed by atoms with E-state index in [9.17, 15) is 9.59 Å². The fourth-order valence-corrected chi connectivity index (χ4v) is 3.83. The molecule has 1 aromatic heterocycles. The summed E-state index contributed by atoms with van der Waals surface area (Å²) >= 11 is 1.40. The maximum atomic E-state index is 12.3. The first-order chi connectivity index (χ1) is 12.7. The van der Waals surface area contributed by atoms with Crippen LogP contribution in [0.5, 0.6) is 11.5 Å². The highest BCUT2D eigenvalue weighted by molar-refractivity contribution is 7.14. The van der Waals surface area contributed by atoms with Gasteiger partial charge in [0.25, 0.3) is 0 Å². The number of thiazole rings is 1. The molecule has 1 saturated heterocycles. The van der Waals surface area contributed by atoms with Gasteiger partial charge in [0.15, 0.2) is 16.6 Å².